The molecule has 2 aliphatic heterocycles. The first-order valence-electron chi connectivity index (χ1n) is 12.3. The number of nitrogens with one attached hydrogen (secondary N) is 1. The van der Waals surface area contributed by atoms with E-state index in [-0.39, 0.29) is 29.8 Å². The molecule has 2 aromatic rings. The summed E-state index contributed by atoms with van der Waals surface area (Å²) in [7, 11) is 3.31. The summed E-state index contributed by atoms with van der Waals surface area (Å²) in [5, 5.41) is 0.623. The molecule has 0 unspecified atom stereocenters. The lowest BCUT2D eigenvalue weighted by molar-refractivity contribution is -0.129. The van der Waals surface area contributed by atoms with Crippen molar-refractivity contribution in [2.75, 3.05) is 45.6 Å². The fraction of sp³-hybridized carbons (Fsp3) is 0.462. The van der Waals surface area contributed by atoms with Gasteiger partial charge < -0.3 is 15.1 Å². The van der Waals surface area contributed by atoms with E-state index < -0.39 is 33.9 Å². The maximum atomic E-state index is 13.6. The molecule has 0 radical (unpaired) electrons. The van der Waals surface area contributed by atoms with E-state index in [4.69, 9.17) is 11.6 Å². The molecule has 0 aliphatic carbocycles. The Bertz CT molecular complexity index is 1200. The van der Waals surface area contributed by atoms with Crippen LogP contribution in [0.25, 0.3) is 0 Å². The number of alkyl halides is 3. The summed E-state index contributed by atoms with van der Waals surface area (Å²) >= 11 is 6.32. The number of likely N-dealkylation sites (tertiary alicyclic amines) is 2. The molecule has 212 valence electrons. The molecule has 0 spiro atoms. The van der Waals surface area contributed by atoms with Gasteiger partial charge in [-0.25, -0.2) is 8.78 Å². The van der Waals surface area contributed by atoms with Crippen molar-refractivity contribution in [1.29, 1.82) is 0 Å². The van der Waals surface area contributed by atoms with Crippen molar-refractivity contribution in [2.24, 2.45) is 0 Å². The lowest BCUT2D eigenvalue weighted by atomic mass is 9.97. The molecule has 1 atom stereocenters. The Balaban J connectivity index is 1.26. The van der Waals surface area contributed by atoms with Gasteiger partial charge in [-0.2, -0.15) is 13.2 Å². The topological polar surface area (TPSA) is 55.9 Å². The minimum Gasteiger partial charge on any atom is -0.380 e. The van der Waals surface area contributed by atoms with Gasteiger partial charge in [0.15, 0.2) is 0 Å². The van der Waals surface area contributed by atoms with Crippen LogP contribution in [-0.2, 0) is 0 Å². The molecular weight excluding hydrogens is 563 g/mol. The summed E-state index contributed by atoms with van der Waals surface area (Å²) in [5.41, 5.74) is 0.592. The van der Waals surface area contributed by atoms with E-state index in [1.54, 1.807) is 32.3 Å². The quantitative estimate of drug-likeness (QED) is 0.416. The van der Waals surface area contributed by atoms with Crippen LogP contribution in [0.3, 0.4) is 0 Å². The summed E-state index contributed by atoms with van der Waals surface area (Å²) in [5.74, 6) is -2.44. The second-order valence-electron chi connectivity index (χ2n) is 9.92. The smallest absolute Gasteiger partial charge is 0.380 e. The summed E-state index contributed by atoms with van der Waals surface area (Å²) in [6.45, 7) is 2.10. The number of benzene rings is 2. The number of piperidine rings is 1. The molecule has 6 nitrogen and oxygen atoms in total. The first-order valence-corrected chi connectivity index (χ1v) is 13.6. The van der Waals surface area contributed by atoms with E-state index in [2.05, 4.69) is 10.2 Å². The van der Waals surface area contributed by atoms with Gasteiger partial charge in [-0.05, 0) is 60.5 Å². The van der Waals surface area contributed by atoms with Crippen molar-refractivity contribution >= 4 is 40.2 Å². The van der Waals surface area contributed by atoms with Crippen LogP contribution in [-0.4, -0.2) is 84.4 Å². The summed E-state index contributed by atoms with van der Waals surface area (Å²) in [6, 6.07) is 7.27. The maximum absolute atomic E-state index is 13.6. The monoisotopic (exact) mass is 590 g/mol. The molecule has 2 heterocycles. The average Bonchev–Trinajstić information content (AvgIpc) is 2.82. The van der Waals surface area contributed by atoms with Crippen molar-refractivity contribution < 1.29 is 31.5 Å². The standard InChI is InChI=1S/C26H28ClF5N4O2S/c1-34(2)24(37)21-4-3-18(12-22(21)27)33-19-13-36(14-19)20-5-7-35(8-6-20)25(38)39-23(26(30,31)32)15-9-16(28)11-17(29)10-15/h3-4,9-12,19-20,23,33H,5-8,13-14H2,1-2H3/t23-/m0/s1. The Labute approximate surface area is 232 Å². The van der Waals surface area contributed by atoms with Gasteiger partial charge in [0.1, 0.15) is 16.9 Å². The van der Waals surface area contributed by atoms with E-state index in [9.17, 15) is 31.5 Å². The highest BCUT2D eigenvalue weighted by atomic mass is 35.5. The molecule has 2 fully saturated rings. The Morgan fingerprint density at radius 1 is 1.05 bits per heavy atom. The minimum atomic E-state index is -4.86. The molecular formula is C26H28ClF5N4O2S. The molecule has 0 bridgehead atoms. The van der Waals surface area contributed by atoms with Crippen LogP contribution in [0.15, 0.2) is 36.4 Å². The molecule has 0 saturated carbocycles. The van der Waals surface area contributed by atoms with Crippen LogP contribution in [0.4, 0.5) is 32.4 Å². The van der Waals surface area contributed by atoms with E-state index >= 15 is 0 Å². The number of hydrogen-bond acceptors (Lipinski definition) is 5. The van der Waals surface area contributed by atoms with Crippen LogP contribution in [0.5, 0.6) is 0 Å². The van der Waals surface area contributed by atoms with Crippen molar-refractivity contribution in [1.82, 2.24) is 14.7 Å². The van der Waals surface area contributed by atoms with Gasteiger partial charge >= 0.3 is 6.18 Å². The molecule has 2 aromatic carbocycles. The minimum absolute atomic E-state index is 0.0356. The van der Waals surface area contributed by atoms with Gasteiger partial charge in [0.05, 0.1) is 16.6 Å². The molecule has 1 N–H and O–H groups in total. The normalized spacial score (nSPS) is 18.0. The van der Waals surface area contributed by atoms with Gasteiger partial charge in [0, 0.05) is 58.1 Å². The van der Waals surface area contributed by atoms with Gasteiger partial charge in [-0.15, -0.1) is 0 Å². The Morgan fingerprint density at radius 2 is 1.67 bits per heavy atom. The number of halogens is 6. The number of anilines is 1. The number of carbonyl (C=O) groups is 2. The fourth-order valence-electron chi connectivity index (χ4n) is 4.80. The van der Waals surface area contributed by atoms with Crippen molar-refractivity contribution in [2.45, 2.75) is 36.4 Å². The lowest BCUT2D eigenvalue weighted by Gasteiger charge is -2.47. The Morgan fingerprint density at radius 3 is 2.21 bits per heavy atom. The molecule has 4 rings (SSSR count). The largest absolute Gasteiger partial charge is 0.405 e. The zero-order chi connectivity index (χ0) is 28.5. The van der Waals surface area contributed by atoms with E-state index in [0.717, 1.165) is 18.8 Å². The Kier molecular flexibility index (Phi) is 8.97. The van der Waals surface area contributed by atoms with Crippen molar-refractivity contribution in [3.8, 4) is 0 Å². The molecule has 13 heteroatoms. The third kappa shape index (κ3) is 7.15. The zero-order valence-electron chi connectivity index (χ0n) is 21.3. The number of thioether (sulfide) groups is 1. The van der Waals surface area contributed by atoms with Gasteiger partial charge in [-0.1, -0.05) is 11.6 Å². The average molecular weight is 591 g/mol. The SMILES string of the molecule is CN(C)C(=O)c1ccc(NC2CN(C3CCN(C(=O)S[C@@H](c4cc(F)cc(F)c4)C(F)(F)F)CC3)C2)cc1Cl. The van der Waals surface area contributed by atoms with E-state index in [0.29, 0.717) is 54.7 Å². The van der Waals surface area contributed by atoms with Crippen LogP contribution in [0.1, 0.15) is 34.0 Å². The highest BCUT2D eigenvalue weighted by molar-refractivity contribution is 8.13. The van der Waals surface area contributed by atoms with E-state index in [1.807, 2.05) is 0 Å². The van der Waals surface area contributed by atoms with Gasteiger partial charge in [-0.3, -0.25) is 14.5 Å². The van der Waals surface area contributed by atoms with E-state index in [1.165, 1.54) is 9.80 Å². The fourth-order valence-corrected chi connectivity index (χ4v) is 6.00. The second kappa shape index (κ2) is 11.9. The maximum Gasteiger partial charge on any atom is 0.405 e. The number of amides is 2. The van der Waals surface area contributed by atoms with Crippen LogP contribution in [0.2, 0.25) is 5.02 Å². The Hall–Kier alpha value is -2.57. The predicted molar refractivity (Wildman–Crippen MR) is 141 cm³/mol. The van der Waals surface area contributed by atoms with Crippen molar-refractivity contribution in [3.63, 3.8) is 0 Å². The van der Waals surface area contributed by atoms with Crippen LogP contribution < -0.4 is 5.32 Å². The summed E-state index contributed by atoms with van der Waals surface area (Å²) in [4.78, 5) is 29.9. The molecule has 2 aliphatic rings. The number of hydrogen-bond donors (Lipinski definition) is 1. The number of carbonyl (C=O) groups excluding carboxylic acids is 2. The van der Waals surface area contributed by atoms with Gasteiger partial charge in [0.25, 0.3) is 11.1 Å². The first kappa shape index (κ1) is 29.4. The molecule has 39 heavy (non-hydrogen) atoms. The van der Waals surface area contributed by atoms with Crippen LogP contribution >= 0.6 is 23.4 Å². The third-order valence-corrected chi connectivity index (χ3v) is 8.38. The van der Waals surface area contributed by atoms with Crippen LogP contribution in [0, 0.1) is 11.6 Å². The number of rotatable bonds is 6. The second-order valence-corrected chi connectivity index (χ2v) is 11.4. The molecule has 0 aromatic heterocycles. The first-order chi connectivity index (χ1) is 18.3. The summed E-state index contributed by atoms with van der Waals surface area (Å²) < 4.78 is 68.0. The molecule has 2 amide bonds. The highest BCUT2D eigenvalue weighted by Gasteiger charge is 2.44. The highest BCUT2D eigenvalue weighted by Crippen LogP contribution is 2.45. The zero-order valence-corrected chi connectivity index (χ0v) is 22.8. The number of nitrogens with zero attached hydrogens (tertiary/aromatic N) is 3. The van der Waals surface area contributed by atoms with Gasteiger partial charge in [0.2, 0.25) is 0 Å². The third-order valence-electron chi connectivity index (χ3n) is 6.83. The van der Waals surface area contributed by atoms with Crippen molar-refractivity contribution in [3.05, 3.63) is 64.2 Å². The molecule has 2 saturated heterocycles. The lowest BCUT2D eigenvalue weighted by Crippen LogP contribution is -2.60. The predicted octanol–water partition coefficient (Wildman–Crippen LogP) is 6.04. The summed E-state index contributed by atoms with van der Waals surface area (Å²) in [6.07, 6.45) is -3.64.